The quantitative estimate of drug-likeness (QED) is 0.257. The number of methoxy groups -OCH3 is 1. The Morgan fingerprint density at radius 3 is 2.33 bits per heavy atom. The predicted molar refractivity (Wildman–Crippen MR) is 127 cm³/mol. The summed E-state index contributed by atoms with van der Waals surface area (Å²) in [5.41, 5.74) is 2.18. The fourth-order valence-corrected chi connectivity index (χ4v) is 3.78. The van der Waals surface area contributed by atoms with Gasteiger partial charge in [0.25, 0.3) is 0 Å². The molecule has 4 rings (SSSR count). The van der Waals surface area contributed by atoms with E-state index in [0.717, 1.165) is 17.2 Å². The van der Waals surface area contributed by atoms with Crippen molar-refractivity contribution in [2.45, 2.75) is 26.4 Å². The molecule has 33 heavy (non-hydrogen) atoms. The average Bonchev–Trinajstić information content (AvgIpc) is 3.34. The lowest BCUT2D eigenvalue weighted by molar-refractivity contribution is -0.133. The smallest absolute Gasteiger partial charge is 0.419 e. The second kappa shape index (κ2) is 8.43. The number of fused-ring (bicyclic) bond motifs is 2. The largest absolute Gasteiger partial charge is 0.465 e. The van der Waals surface area contributed by atoms with Crippen LogP contribution in [0.15, 0.2) is 54.7 Å². The van der Waals surface area contributed by atoms with Crippen molar-refractivity contribution in [3.8, 4) is 0 Å². The molecular formula is C26H24N2O5. The topological polar surface area (TPSA) is 90.4 Å². The van der Waals surface area contributed by atoms with Crippen LogP contribution >= 0.6 is 0 Å². The Bertz CT molecular complexity index is 1420. The van der Waals surface area contributed by atoms with Gasteiger partial charge in [-0.3, -0.25) is 9.36 Å². The van der Waals surface area contributed by atoms with Crippen LogP contribution in [0.5, 0.6) is 0 Å². The fourth-order valence-electron chi connectivity index (χ4n) is 3.78. The van der Waals surface area contributed by atoms with E-state index in [9.17, 15) is 14.4 Å². The first-order valence-electron chi connectivity index (χ1n) is 10.4. The Morgan fingerprint density at radius 1 is 1.00 bits per heavy atom. The van der Waals surface area contributed by atoms with Crippen LogP contribution in [0.25, 0.3) is 33.5 Å². The zero-order chi connectivity index (χ0) is 23.8. The molecule has 0 aliphatic carbocycles. The Balaban J connectivity index is 1.94. The van der Waals surface area contributed by atoms with Gasteiger partial charge in [-0.25, -0.2) is 9.59 Å². The van der Waals surface area contributed by atoms with Crippen LogP contribution in [-0.4, -0.2) is 40.6 Å². The van der Waals surface area contributed by atoms with Crippen molar-refractivity contribution in [3.05, 3.63) is 71.5 Å². The normalized spacial score (nSPS) is 12.2. The number of ether oxygens (including phenoxy) is 2. The molecule has 0 saturated heterocycles. The molecule has 0 aliphatic heterocycles. The van der Waals surface area contributed by atoms with Gasteiger partial charge in [-0.1, -0.05) is 36.4 Å². The summed E-state index contributed by atoms with van der Waals surface area (Å²) < 4.78 is 12.0. The maximum absolute atomic E-state index is 12.8. The number of para-hydroxylation sites is 2. The molecule has 0 bridgehead atoms. The number of H-pyrrole nitrogens is 1. The maximum Gasteiger partial charge on any atom is 0.419 e. The van der Waals surface area contributed by atoms with Crippen molar-refractivity contribution >= 4 is 51.8 Å². The number of hydrogen-bond acceptors (Lipinski definition) is 5. The van der Waals surface area contributed by atoms with E-state index >= 15 is 0 Å². The van der Waals surface area contributed by atoms with E-state index in [1.54, 1.807) is 39.1 Å². The average molecular weight is 444 g/mol. The van der Waals surface area contributed by atoms with Crippen molar-refractivity contribution in [2.75, 3.05) is 7.11 Å². The van der Waals surface area contributed by atoms with Gasteiger partial charge in [0.15, 0.2) is 6.29 Å². The highest BCUT2D eigenvalue weighted by Gasteiger charge is 2.23. The molecule has 2 aromatic heterocycles. The highest BCUT2D eigenvalue weighted by Crippen LogP contribution is 2.31. The van der Waals surface area contributed by atoms with Gasteiger partial charge in [-0.2, -0.15) is 0 Å². The molecular weight excluding hydrogens is 420 g/mol. The number of aldehydes is 1. The molecule has 0 spiro atoms. The fraction of sp³-hybridized carbons (Fsp3) is 0.192. The highest BCUT2D eigenvalue weighted by molar-refractivity contribution is 6.25. The number of hydrogen-bond donors (Lipinski definition) is 1. The first kappa shape index (κ1) is 22.1. The zero-order valence-corrected chi connectivity index (χ0v) is 18.8. The summed E-state index contributed by atoms with van der Waals surface area (Å²) in [7, 11) is 1.28. The molecule has 2 heterocycles. The Kier molecular flexibility index (Phi) is 5.64. The highest BCUT2D eigenvalue weighted by atomic mass is 16.6. The van der Waals surface area contributed by atoms with E-state index in [1.807, 2.05) is 42.5 Å². The van der Waals surface area contributed by atoms with E-state index in [2.05, 4.69) is 4.98 Å². The number of aromatic amines is 1. The summed E-state index contributed by atoms with van der Waals surface area (Å²) in [5, 5.41) is 1.45. The molecule has 2 aromatic carbocycles. The molecule has 0 atom stereocenters. The van der Waals surface area contributed by atoms with Crippen molar-refractivity contribution in [3.63, 3.8) is 0 Å². The monoisotopic (exact) mass is 444 g/mol. The van der Waals surface area contributed by atoms with Crippen LogP contribution in [0.1, 0.15) is 42.4 Å². The third kappa shape index (κ3) is 4.17. The second-order valence-electron chi connectivity index (χ2n) is 8.58. The molecule has 0 fully saturated rings. The van der Waals surface area contributed by atoms with Crippen LogP contribution < -0.4 is 0 Å². The summed E-state index contributed by atoms with van der Waals surface area (Å²) in [4.78, 5) is 40.7. The second-order valence-corrected chi connectivity index (χ2v) is 8.58. The molecule has 0 amide bonds. The maximum atomic E-state index is 12.8. The van der Waals surface area contributed by atoms with Gasteiger partial charge in [0.05, 0.1) is 23.9 Å². The van der Waals surface area contributed by atoms with Gasteiger partial charge in [-0.05, 0) is 39.0 Å². The summed E-state index contributed by atoms with van der Waals surface area (Å²) in [6.07, 6.45) is 3.42. The molecule has 0 aliphatic rings. The van der Waals surface area contributed by atoms with Crippen molar-refractivity contribution < 1.29 is 23.9 Å². The molecule has 0 saturated carbocycles. The van der Waals surface area contributed by atoms with Crippen LogP contribution in [0.4, 0.5) is 4.79 Å². The van der Waals surface area contributed by atoms with E-state index in [-0.39, 0.29) is 5.57 Å². The first-order chi connectivity index (χ1) is 15.7. The number of aromatic nitrogens is 2. The van der Waals surface area contributed by atoms with Gasteiger partial charge in [0.1, 0.15) is 5.60 Å². The SMILES string of the molecule is COC(=O)/C(=C\c1cn(C(=O)OC(C)(C)C)c2ccccc12)c1[nH]c2ccccc2c1C=O. The number of esters is 1. The Hall–Kier alpha value is -4.13. The van der Waals surface area contributed by atoms with Gasteiger partial charge in [0, 0.05) is 33.6 Å². The summed E-state index contributed by atoms with van der Waals surface area (Å²) in [5.74, 6) is -0.612. The van der Waals surface area contributed by atoms with Gasteiger partial charge in [0.2, 0.25) is 0 Å². The minimum atomic E-state index is -0.668. The minimum Gasteiger partial charge on any atom is -0.465 e. The predicted octanol–water partition coefficient (Wildman–Crippen LogP) is 5.43. The molecule has 7 nitrogen and oxygen atoms in total. The van der Waals surface area contributed by atoms with Gasteiger partial charge >= 0.3 is 12.1 Å². The molecule has 4 aromatic rings. The third-order valence-electron chi connectivity index (χ3n) is 5.17. The number of nitrogens with one attached hydrogen (secondary N) is 1. The minimum absolute atomic E-state index is 0.169. The standard InChI is InChI=1S/C26H24N2O5/c1-26(2,3)33-25(31)28-14-16(17-9-6-8-12-22(17)28)13-19(24(30)32-4)23-20(15-29)18-10-5-7-11-21(18)27-23/h5-15,27H,1-4H3/b19-13-. The molecule has 0 radical (unpaired) electrons. The van der Waals surface area contributed by atoms with E-state index in [1.165, 1.54) is 11.7 Å². The van der Waals surface area contributed by atoms with Crippen LogP contribution in [0.3, 0.4) is 0 Å². The third-order valence-corrected chi connectivity index (χ3v) is 5.17. The Labute approximate surface area is 190 Å². The zero-order valence-electron chi connectivity index (χ0n) is 18.8. The first-order valence-corrected chi connectivity index (χ1v) is 10.4. The van der Waals surface area contributed by atoms with Crippen LogP contribution in [-0.2, 0) is 14.3 Å². The molecule has 0 unspecified atom stereocenters. The lowest BCUT2D eigenvalue weighted by Crippen LogP contribution is -2.26. The van der Waals surface area contributed by atoms with Crippen LogP contribution in [0.2, 0.25) is 0 Å². The van der Waals surface area contributed by atoms with Gasteiger partial charge in [-0.15, -0.1) is 0 Å². The summed E-state index contributed by atoms with van der Waals surface area (Å²) >= 11 is 0. The van der Waals surface area contributed by atoms with Gasteiger partial charge < -0.3 is 14.5 Å². The lowest BCUT2D eigenvalue weighted by atomic mass is 10.0. The number of benzene rings is 2. The summed E-state index contributed by atoms with van der Waals surface area (Å²) in [6, 6.07) is 14.6. The van der Waals surface area contributed by atoms with E-state index in [0.29, 0.717) is 27.7 Å². The van der Waals surface area contributed by atoms with E-state index in [4.69, 9.17) is 9.47 Å². The number of rotatable bonds is 4. The van der Waals surface area contributed by atoms with Crippen molar-refractivity contribution in [2.24, 2.45) is 0 Å². The van der Waals surface area contributed by atoms with Crippen molar-refractivity contribution in [1.29, 1.82) is 0 Å². The number of nitrogens with zero attached hydrogens (tertiary/aromatic N) is 1. The Morgan fingerprint density at radius 2 is 1.67 bits per heavy atom. The van der Waals surface area contributed by atoms with E-state index < -0.39 is 17.7 Å². The number of carbonyl (C=O) groups is 3. The number of carbonyl (C=O) groups excluding carboxylic acids is 3. The van der Waals surface area contributed by atoms with Crippen LogP contribution in [0, 0.1) is 0 Å². The lowest BCUT2D eigenvalue weighted by Gasteiger charge is -2.19. The van der Waals surface area contributed by atoms with Crippen molar-refractivity contribution in [1.82, 2.24) is 9.55 Å². The molecule has 7 heteroatoms. The molecule has 1 N–H and O–H groups in total. The molecule has 168 valence electrons. The summed E-state index contributed by atoms with van der Waals surface area (Å²) in [6.45, 7) is 5.39.